The number of aliphatic hydroxyl groups excluding tert-OH is 2. The molecule has 2 aliphatic heterocycles. The van der Waals surface area contributed by atoms with Crippen molar-refractivity contribution >= 4 is 28.5 Å². The van der Waals surface area contributed by atoms with Crippen molar-refractivity contribution < 1.29 is 24.3 Å². The lowest BCUT2D eigenvalue weighted by Crippen LogP contribution is -2.44. The van der Waals surface area contributed by atoms with Crippen LogP contribution in [0.25, 0.3) is 11.1 Å². The van der Waals surface area contributed by atoms with Crippen LogP contribution in [0.3, 0.4) is 0 Å². The van der Waals surface area contributed by atoms with Gasteiger partial charge in [0, 0.05) is 23.1 Å². The smallest absolute Gasteiger partial charge is 0.399 e. The van der Waals surface area contributed by atoms with E-state index < -0.39 is 12.7 Å². The highest BCUT2D eigenvalue weighted by Crippen LogP contribution is 2.57. The molecule has 3 aliphatic rings. The first-order chi connectivity index (χ1) is 16.7. The molecule has 0 spiro atoms. The summed E-state index contributed by atoms with van der Waals surface area (Å²) in [6.07, 6.45) is 3.87. The molecule has 1 unspecified atom stereocenters. The molecule has 0 saturated carbocycles. The maximum Gasteiger partial charge on any atom is 0.494 e. The Kier molecular flexibility index (Phi) is 6.73. The lowest BCUT2D eigenvalue weighted by molar-refractivity contribution is -0.0118. The summed E-state index contributed by atoms with van der Waals surface area (Å²) < 4.78 is 20.3. The minimum Gasteiger partial charge on any atom is -0.399 e. The van der Waals surface area contributed by atoms with E-state index in [9.17, 15) is 10.2 Å². The average molecular weight is 543 g/mol. The number of benzene rings is 2. The molecule has 5 rings (SSSR count). The minimum atomic E-state index is -0.456. The lowest BCUT2D eigenvalue weighted by Gasteiger charge is -2.35. The van der Waals surface area contributed by atoms with E-state index in [1.54, 1.807) is 0 Å². The molecule has 0 radical (unpaired) electrons. The standard InChI is InChI=1S/C28H36BBrO5/c1-5-27(4)26(2,3)34-29(35-27)20-12-18-16-33-17-19-13-21(30)15-23-25(19)24(18)22(14-20)28(23,8-6-10-31)9-7-11-32/h12-15,31-32H,5-11,16-17H2,1-4H3. The summed E-state index contributed by atoms with van der Waals surface area (Å²) in [6.45, 7) is 9.84. The molecule has 2 aromatic carbocycles. The average Bonchev–Trinajstić information content (AvgIpc) is 3.14. The summed E-state index contributed by atoms with van der Waals surface area (Å²) in [4.78, 5) is 0. The fourth-order valence-electron chi connectivity index (χ4n) is 6.38. The van der Waals surface area contributed by atoms with E-state index >= 15 is 0 Å². The molecule has 0 amide bonds. The van der Waals surface area contributed by atoms with Crippen molar-refractivity contribution in [2.75, 3.05) is 13.2 Å². The van der Waals surface area contributed by atoms with Crippen LogP contribution >= 0.6 is 15.9 Å². The number of hydrogen-bond acceptors (Lipinski definition) is 5. The molecule has 2 aromatic rings. The Morgan fingerprint density at radius 2 is 1.49 bits per heavy atom. The van der Waals surface area contributed by atoms with Gasteiger partial charge in [-0.05, 0) is 104 Å². The highest BCUT2D eigenvalue weighted by atomic mass is 79.9. The van der Waals surface area contributed by atoms with E-state index in [-0.39, 0.29) is 24.2 Å². The van der Waals surface area contributed by atoms with Crippen LogP contribution in [0.2, 0.25) is 0 Å². The number of aliphatic hydroxyl groups is 2. The second kappa shape index (κ2) is 9.27. The fraction of sp³-hybridized carbons (Fsp3) is 0.571. The molecular weight excluding hydrogens is 507 g/mol. The van der Waals surface area contributed by atoms with Crippen molar-refractivity contribution in [2.24, 2.45) is 0 Å². The summed E-state index contributed by atoms with van der Waals surface area (Å²) in [6, 6.07) is 8.88. The van der Waals surface area contributed by atoms with Gasteiger partial charge in [0.05, 0.1) is 24.4 Å². The predicted octanol–water partition coefficient (Wildman–Crippen LogP) is 4.98. The van der Waals surface area contributed by atoms with Crippen molar-refractivity contribution in [3.05, 3.63) is 51.0 Å². The van der Waals surface area contributed by atoms with Gasteiger partial charge in [0.25, 0.3) is 0 Å². The van der Waals surface area contributed by atoms with Crippen LogP contribution in [-0.4, -0.2) is 41.7 Å². The Bertz CT molecular complexity index is 1120. The Morgan fingerprint density at radius 1 is 0.886 bits per heavy atom. The van der Waals surface area contributed by atoms with Gasteiger partial charge in [-0.1, -0.05) is 35.0 Å². The Hall–Kier alpha value is -1.22. The van der Waals surface area contributed by atoms with Gasteiger partial charge in [-0.3, -0.25) is 0 Å². The molecular formula is C28H36BBrO5. The minimum absolute atomic E-state index is 0.139. The Morgan fingerprint density at radius 3 is 2.06 bits per heavy atom. The van der Waals surface area contributed by atoms with Gasteiger partial charge < -0.3 is 24.3 Å². The number of halogens is 1. The number of rotatable bonds is 8. The van der Waals surface area contributed by atoms with Gasteiger partial charge in [-0.2, -0.15) is 0 Å². The fourth-order valence-corrected chi connectivity index (χ4v) is 6.89. The van der Waals surface area contributed by atoms with Crippen LogP contribution < -0.4 is 5.46 Å². The number of ether oxygens (including phenoxy) is 1. The van der Waals surface area contributed by atoms with E-state index in [0.29, 0.717) is 26.1 Å². The van der Waals surface area contributed by atoms with E-state index in [2.05, 4.69) is 67.9 Å². The molecule has 188 valence electrons. The van der Waals surface area contributed by atoms with Gasteiger partial charge in [0.15, 0.2) is 0 Å². The first-order valence-corrected chi connectivity index (χ1v) is 13.6. The van der Waals surface area contributed by atoms with Crippen LogP contribution in [0.4, 0.5) is 0 Å². The van der Waals surface area contributed by atoms with Gasteiger partial charge in [-0.15, -0.1) is 0 Å². The Balaban J connectivity index is 1.73. The van der Waals surface area contributed by atoms with Gasteiger partial charge >= 0.3 is 7.12 Å². The third-order valence-electron chi connectivity index (χ3n) is 8.74. The lowest BCUT2D eigenvalue weighted by atomic mass is 9.68. The molecule has 7 heteroatoms. The maximum atomic E-state index is 9.83. The molecule has 0 aromatic heterocycles. The number of hydrogen-bond donors (Lipinski definition) is 2. The largest absolute Gasteiger partial charge is 0.494 e. The first-order valence-electron chi connectivity index (χ1n) is 12.9. The van der Waals surface area contributed by atoms with Gasteiger partial charge in [0.1, 0.15) is 0 Å². The van der Waals surface area contributed by atoms with Crippen molar-refractivity contribution in [3.63, 3.8) is 0 Å². The van der Waals surface area contributed by atoms with Crippen LogP contribution in [0, 0.1) is 0 Å². The molecule has 1 aliphatic carbocycles. The summed E-state index contributed by atoms with van der Waals surface area (Å²) in [7, 11) is -0.456. The second-order valence-electron chi connectivity index (χ2n) is 11.0. The molecule has 1 fully saturated rings. The highest BCUT2D eigenvalue weighted by Gasteiger charge is 2.54. The highest BCUT2D eigenvalue weighted by molar-refractivity contribution is 9.10. The SMILES string of the molecule is CCC1(C)OB(c2cc3c4c(c2)C(CCCO)(CCCO)c2cc(Br)cc(c2-4)COC3)OC1(C)C. The molecule has 1 saturated heterocycles. The molecule has 5 nitrogen and oxygen atoms in total. The second-order valence-corrected chi connectivity index (χ2v) is 11.9. The van der Waals surface area contributed by atoms with Crippen molar-refractivity contribution in [1.29, 1.82) is 0 Å². The third-order valence-corrected chi connectivity index (χ3v) is 9.19. The zero-order valence-corrected chi connectivity index (χ0v) is 22.8. The first kappa shape index (κ1) is 25.4. The summed E-state index contributed by atoms with van der Waals surface area (Å²) >= 11 is 3.74. The van der Waals surface area contributed by atoms with Crippen LogP contribution in [-0.2, 0) is 32.7 Å². The van der Waals surface area contributed by atoms with E-state index in [1.165, 1.54) is 27.8 Å². The zero-order valence-electron chi connectivity index (χ0n) is 21.2. The van der Waals surface area contributed by atoms with E-state index in [4.69, 9.17) is 14.0 Å². The zero-order chi connectivity index (χ0) is 25.0. The topological polar surface area (TPSA) is 68.2 Å². The van der Waals surface area contributed by atoms with E-state index in [1.807, 2.05) is 0 Å². The Labute approximate surface area is 217 Å². The molecule has 2 N–H and O–H groups in total. The van der Waals surface area contributed by atoms with Gasteiger partial charge in [-0.25, -0.2) is 0 Å². The summed E-state index contributed by atoms with van der Waals surface area (Å²) in [5.41, 5.74) is 7.32. The molecule has 35 heavy (non-hydrogen) atoms. The predicted molar refractivity (Wildman–Crippen MR) is 142 cm³/mol. The van der Waals surface area contributed by atoms with Crippen molar-refractivity contribution in [1.82, 2.24) is 0 Å². The quantitative estimate of drug-likeness (QED) is 0.460. The van der Waals surface area contributed by atoms with Crippen LogP contribution in [0.1, 0.15) is 82.1 Å². The normalized spacial score (nSPS) is 23.5. The van der Waals surface area contributed by atoms with E-state index in [0.717, 1.165) is 34.8 Å². The van der Waals surface area contributed by atoms with Crippen LogP contribution in [0.5, 0.6) is 0 Å². The van der Waals surface area contributed by atoms with Crippen molar-refractivity contribution in [2.45, 2.75) is 89.6 Å². The molecule has 0 bridgehead atoms. The molecule has 2 heterocycles. The summed E-state index contributed by atoms with van der Waals surface area (Å²) in [5, 5.41) is 19.7. The summed E-state index contributed by atoms with van der Waals surface area (Å²) in [5.74, 6) is 0. The molecule has 1 atom stereocenters. The van der Waals surface area contributed by atoms with Crippen molar-refractivity contribution in [3.8, 4) is 11.1 Å². The monoisotopic (exact) mass is 542 g/mol. The third kappa shape index (κ3) is 3.94. The maximum absolute atomic E-state index is 9.83. The van der Waals surface area contributed by atoms with Gasteiger partial charge in [0.2, 0.25) is 0 Å². The van der Waals surface area contributed by atoms with Crippen LogP contribution in [0.15, 0.2) is 28.7 Å².